The molecule has 4 rings (SSSR count). The molecule has 36 heavy (non-hydrogen) atoms. The maximum atomic E-state index is 12.6. The molecule has 190 valence electrons. The third kappa shape index (κ3) is 6.51. The molecular weight excluding hydrogens is 464 g/mol. The van der Waals surface area contributed by atoms with Gasteiger partial charge in [-0.1, -0.05) is 25.5 Å². The number of carbonyl (C=O) groups is 3. The van der Waals surface area contributed by atoms with E-state index in [0.717, 1.165) is 19.3 Å². The number of benzene rings is 1. The number of carbonyl (C=O) groups excluding carboxylic acids is 3. The number of nitrogens with one attached hydrogen (secondary N) is 4. The minimum absolute atomic E-state index is 0.168. The SMILES string of the molecule is CCCCc1ccc(NC(=O)Nc2[nH]c(Cc3ccc(C(=O)N4CCOCC4)o3)nc2NC=O)cc1. The Labute approximate surface area is 208 Å². The highest BCUT2D eigenvalue weighted by atomic mass is 16.5. The number of aromatic nitrogens is 2. The molecule has 0 radical (unpaired) electrons. The first-order valence-corrected chi connectivity index (χ1v) is 12.0. The topological polar surface area (TPSA) is 142 Å². The van der Waals surface area contributed by atoms with Gasteiger partial charge in [-0.25, -0.2) is 9.78 Å². The summed E-state index contributed by atoms with van der Waals surface area (Å²) in [6.07, 6.45) is 3.94. The lowest BCUT2D eigenvalue weighted by Gasteiger charge is -2.25. The predicted octanol–water partition coefficient (Wildman–Crippen LogP) is 3.62. The second-order valence-electron chi connectivity index (χ2n) is 8.40. The first-order chi connectivity index (χ1) is 17.6. The van der Waals surface area contributed by atoms with Gasteiger partial charge in [0.05, 0.1) is 19.6 Å². The van der Waals surface area contributed by atoms with E-state index in [2.05, 4.69) is 32.8 Å². The van der Waals surface area contributed by atoms with Gasteiger partial charge in [0.2, 0.25) is 6.41 Å². The molecule has 11 nitrogen and oxygen atoms in total. The van der Waals surface area contributed by atoms with Crippen molar-refractivity contribution in [1.82, 2.24) is 14.9 Å². The maximum absolute atomic E-state index is 12.6. The van der Waals surface area contributed by atoms with E-state index in [0.29, 0.717) is 50.0 Å². The first-order valence-electron chi connectivity index (χ1n) is 12.0. The van der Waals surface area contributed by atoms with Crippen LogP contribution in [0.2, 0.25) is 0 Å². The lowest BCUT2D eigenvalue weighted by molar-refractivity contribution is -0.105. The van der Waals surface area contributed by atoms with Gasteiger partial charge < -0.3 is 29.7 Å². The summed E-state index contributed by atoms with van der Waals surface area (Å²) in [6.45, 7) is 4.20. The Hall–Kier alpha value is -4.12. The van der Waals surface area contributed by atoms with Crippen molar-refractivity contribution in [3.05, 3.63) is 59.3 Å². The number of imidazole rings is 1. The molecule has 1 fully saturated rings. The molecule has 1 saturated heterocycles. The molecule has 3 aromatic rings. The van der Waals surface area contributed by atoms with E-state index in [1.165, 1.54) is 5.56 Å². The normalized spacial score (nSPS) is 13.3. The number of ether oxygens (including phenoxy) is 1. The number of unbranched alkanes of at least 4 members (excludes halogenated alkanes) is 1. The zero-order valence-corrected chi connectivity index (χ0v) is 20.1. The van der Waals surface area contributed by atoms with E-state index in [1.54, 1.807) is 17.0 Å². The Bertz CT molecular complexity index is 1180. The van der Waals surface area contributed by atoms with Crippen LogP contribution in [0.25, 0.3) is 0 Å². The largest absolute Gasteiger partial charge is 0.455 e. The Balaban J connectivity index is 1.38. The van der Waals surface area contributed by atoms with E-state index in [4.69, 9.17) is 9.15 Å². The van der Waals surface area contributed by atoms with E-state index < -0.39 is 6.03 Å². The number of aryl methyl sites for hydroxylation is 1. The van der Waals surface area contributed by atoms with Crippen LogP contribution < -0.4 is 16.0 Å². The van der Waals surface area contributed by atoms with Gasteiger partial charge in [-0.05, 0) is 42.7 Å². The number of hydrogen-bond acceptors (Lipinski definition) is 6. The summed E-state index contributed by atoms with van der Waals surface area (Å²) < 4.78 is 11.0. The predicted molar refractivity (Wildman–Crippen MR) is 134 cm³/mol. The number of aromatic amines is 1. The van der Waals surface area contributed by atoms with Crippen molar-refractivity contribution in [3.63, 3.8) is 0 Å². The smallest absolute Gasteiger partial charge is 0.324 e. The van der Waals surface area contributed by atoms with Crippen LogP contribution >= 0.6 is 0 Å². The first kappa shape index (κ1) is 25.0. The molecule has 1 aliphatic heterocycles. The Morgan fingerprint density at radius 1 is 1.11 bits per heavy atom. The minimum Gasteiger partial charge on any atom is -0.455 e. The average Bonchev–Trinajstić information content (AvgIpc) is 3.51. The van der Waals surface area contributed by atoms with E-state index >= 15 is 0 Å². The number of hydrogen-bond donors (Lipinski definition) is 4. The highest BCUT2D eigenvalue weighted by molar-refractivity contribution is 6.01. The van der Waals surface area contributed by atoms with E-state index in [1.807, 2.05) is 24.3 Å². The quantitative estimate of drug-likeness (QED) is 0.317. The number of anilines is 3. The fourth-order valence-corrected chi connectivity index (χ4v) is 3.84. The summed E-state index contributed by atoms with van der Waals surface area (Å²) >= 11 is 0. The Morgan fingerprint density at radius 2 is 1.89 bits per heavy atom. The summed E-state index contributed by atoms with van der Waals surface area (Å²) in [5, 5.41) is 7.91. The highest BCUT2D eigenvalue weighted by Gasteiger charge is 2.22. The standard InChI is InChI=1S/C25H30N6O5/c1-2-3-4-17-5-7-18(8-6-17)27-25(34)30-23-22(26-16-32)28-21(29-23)15-19-9-10-20(36-19)24(33)31-11-13-35-14-12-31/h5-10,16H,2-4,11-15H2,1H3,(H,26,32)(H,28,29)(H2,27,30,34). The number of furan rings is 1. The van der Waals surface area contributed by atoms with Gasteiger partial charge in [0.15, 0.2) is 17.4 Å². The van der Waals surface area contributed by atoms with Crippen LogP contribution in [-0.4, -0.2) is 59.5 Å². The lowest BCUT2D eigenvalue weighted by Crippen LogP contribution is -2.40. The zero-order chi connectivity index (χ0) is 25.3. The highest BCUT2D eigenvalue weighted by Crippen LogP contribution is 2.22. The van der Waals surface area contributed by atoms with E-state index in [9.17, 15) is 14.4 Å². The second-order valence-corrected chi connectivity index (χ2v) is 8.40. The average molecular weight is 495 g/mol. The lowest BCUT2D eigenvalue weighted by atomic mass is 10.1. The summed E-state index contributed by atoms with van der Waals surface area (Å²) in [6, 6.07) is 10.5. The summed E-state index contributed by atoms with van der Waals surface area (Å²) in [5.41, 5.74) is 1.86. The molecule has 2 aromatic heterocycles. The molecule has 0 atom stereocenters. The number of morpholine rings is 1. The van der Waals surface area contributed by atoms with Crippen LogP contribution in [-0.2, 0) is 22.4 Å². The Kier molecular flexibility index (Phi) is 8.35. The van der Waals surface area contributed by atoms with Crippen LogP contribution in [0.3, 0.4) is 0 Å². The van der Waals surface area contributed by atoms with Crippen molar-refractivity contribution < 1.29 is 23.5 Å². The summed E-state index contributed by atoms with van der Waals surface area (Å²) in [7, 11) is 0. The van der Waals surface area contributed by atoms with Gasteiger partial charge >= 0.3 is 6.03 Å². The summed E-state index contributed by atoms with van der Waals surface area (Å²) in [4.78, 5) is 45.2. The zero-order valence-electron chi connectivity index (χ0n) is 20.1. The fraction of sp³-hybridized carbons (Fsp3) is 0.360. The molecule has 0 unspecified atom stereocenters. The molecular formula is C25H30N6O5. The van der Waals surface area contributed by atoms with Crippen molar-refractivity contribution in [1.29, 1.82) is 0 Å². The molecule has 4 amide bonds. The third-order valence-corrected chi connectivity index (χ3v) is 5.73. The molecule has 0 spiro atoms. The van der Waals surface area contributed by atoms with Crippen molar-refractivity contribution >= 4 is 35.7 Å². The molecule has 0 saturated carbocycles. The fourth-order valence-electron chi connectivity index (χ4n) is 3.84. The van der Waals surface area contributed by atoms with Crippen molar-refractivity contribution in [3.8, 4) is 0 Å². The summed E-state index contributed by atoms with van der Waals surface area (Å²) in [5.74, 6) is 1.39. The Morgan fingerprint density at radius 3 is 2.61 bits per heavy atom. The maximum Gasteiger partial charge on any atom is 0.324 e. The van der Waals surface area contributed by atoms with Gasteiger partial charge in [-0.3, -0.25) is 14.9 Å². The van der Waals surface area contributed by atoms with Crippen LogP contribution in [0, 0.1) is 0 Å². The number of rotatable bonds is 10. The van der Waals surface area contributed by atoms with Crippen LogP contribution in [0.5, 0.6) is 0 Å². The molecule has 3 heterocycles. The van der Waals surface area contributed by atoms with Gasteiger partial charge in [0.25, 0.3) is 5.91 Å². The number of amides is 4. The third-order valence-electron chi connectivity index (χ3n) is 5.73. The molecule has 1 aliphatic rings. The van der Waals surface area contributed by atoms with Gasteiger partial charge in [-0.15, -0.1) is 0 Å². The number of nitrogens with zero attached hydrogens (tertiary/aromatic N) is 2. The minimum atomic E-state index is -0.489. The molecule has 1 aromatic carbocycles. The van der Waals surface area contributed by atoms with Crippen molar-refractivity contribution in [2.45, 2.75) is 32.6 Å². The van der Waals surface area contributed by atoms with Gasteiger partial charge in [0.1, 0.15) is 11.6 Å². The van der Waals surface area contributed by atoms with Gasteiger partial charge in [-0.2, -0.15) is 0 Å². The monoisotopic (exact) mass is 494 g/mol. The van der Waals surface area contributed by atoms with Crippen LogP contribution in [0.4, 0.5) is 22.1 Å². The van der Waals surface area contributed by atoms with E-state index in [-0.39, 0.29) is 29.7 Å². The van der Waals surface area contributed by atoms with Gasteiger partial charge in [0, 0.05) is 18.8 Å². The number of H-pyrrole nitrogens is 1. The molecule has 0 bridgehead atoms. The number of urea groups is 1. The van der Waals surface area contributed by atoms with Crippen molar-refractivity contribution in [2.24, 2.45) is 0 Å². The molecule has 4 N–H and O–H groups in total. The van der Waals surface area contributed by atoms with Crippen LogP contribution in [0.1, 0.15) is 47.5 Å². The molecule has 11 heteroatoms. The molecule has 0 aliphatic carbocycles. The second kappa shape index (κ2) is 12.0. The van der Waals surface area contributed by atoms with Crippen LogP contribution in [0.15, 0.2) is 40.8 Å². The van der Waals surface area contributed by atoms with Crippen molar-refractivity contribution in [2.75, 3.05) is 42.3 Å².